The van der Waals surface area contributed by atoms with Gasteiger partial charge in [0.1, 0.15) is 5.82 Å². The minimum Gasteiger partial charge on any atom is -0.453 e. The van der Waals surface area contributed by atoms with Gasteiger partial charge < -0.3 is 15.0 Å². The molecule has 3 rings (SSSR count). The molecule has 10 heteroatoms. The van der Waals surface area contributed by atoms with Gasteiger partial charge in [0, 0.05) is 26.6 Å². The molecule has 1 atom stereocenters. The van der Waals surface area contributed by atoms with Crippen molar-refractivity contribution in [1.82, 2.24) is 13.9 Å². The van der Waals surface area contributed by atoms with Gasteiger partial charge >= 0.3 is 5.97 Å². The van der Waals surface area contributed by atoms with Crippen LogP contribution in [0.15, 0.2) is 23.1 Å². The quantitative estimate of drug-likeness (QED) is 0.666. The standard InChI is InChI=1S/C19H26N4O5S/c1-13(19(20)25)28-18(24)9-8-17-21-15-12-14(6-7-16(15)22(17)2)29(26,27)23-10-4-3-5-11-23/h6-7,12-13H,3-5,8-11H2,1-2H3,(H2,20,25)/t13-/m0/s1. The van der Waals surface area contributed by atoms with Crippen molar-refractivity contribution in [3.8, 4) is 0 Å². The monoisotopic (exact) mass is 422 g/mol. The number of aryl methyl sites for hydroxylation is 2. The number of hydrogen-bond acceptors (Lipinski definition) is 6. The molecule has 2 heterocycles. The van der Waals surface area contributed by atoms with Crippen LogP contribution in [0.4, 0.5) is 0 Å². The summed E-state index contributed by atoms with van der Waals surface area (Å²) < 4.78 is 34.1. The third-order valence-corrected chi connectivity index (χ3v) is 7.05. The number of primary amides is 1. The van der Waals surface area contributed by atoms with Crippen molar-refractivity contribution in [1.29, 1.82) is 0 Å². The van der Waals surface area contributed by atoms with E-state index in [1.54, 1.807) is 25.2 Å². The SMILES string of the molecule is C[C@H](OC(=O)CCc1nc2cc(S(=O)(=O)N3CCCCC3)ccc2n1C)C(N)=O. The number of carbonyl (C=O) groups excluding carboxylic acids is 2. The van der Waals surface area contributed by atoms with Gasteiger partial charge in [-0.1, -0.05) is 6.42 Å². The number of fused-ring (bicyclic) bond motifs is 1. The van der Waals surface area contributed by atoms with E-state index in [0.717, 1.165) is 24.8 Å². The Balaban J connectivity index is 1.77. The van der Waals surface area contributed by atoms with Crippen LogP contribution in [0.1, 0.15) is 38.4 Å². The van der Waals surface area contributed by atoms with Crippen LogP contribution in [0.5, 0.6) is 0 Å². The van der Waals surface area contributed by atoms with Gasteiger partial charge in [-0.25, -0.2) is 13.4 Å². The van der Waals surface area contributed by atoms with Crippen molar-refractivity contribution in [3.63, 3.8) is 0 Å². The number of nitrogens with zero attached hydrogens (tertiary/aromatic N) is 3. The van der Waals surface area contributed by atoms with Crippen LogP contribution >= 0.6 is 0 Å². The molecule has 2 N–H and O–H groups in total. The molecule has 1 aliphatic heterocycles. The number of aromatic nitrogens is 2. The van der Waals surface area contributed by atoms with Gasteiger partial charge in [-0.15, -0.1) is 0 Å². The van der Waals surface area contributed by atoms with Gasteiger partial charge in [-0.2, -0.15) is 4.31 Å². The van der Waals surface area contributed by atoms with E-state index in [9.17, 15) is 18.0 Å². The van der Waals surface area contributed by atoms with E-state index >= 15 is 0 Å². The van der Waals surface area contributed by atoms with Crippen molar-refractivity contribution in [3.05, 3.63) is 24.0 Å². The summed E-state index contributed by atoms with van der Waals surface area (Å²) in [4.78, 5) is 27.6. The molecule has 9 nitrogen and oxygen atoms in total. The van der Waals surface area contributed by atoms with E-state index in [1.807, 2.05) is 4.57 Å². The molecule has 29 heavy (non-hydrogen) atoms. The lowest BCUT2D eigenvalue weighted by atomic mass is 10.2. The summed E-state index contributed by atoms with van der Waals surface area (Å²) in [5.41, 5.74) is 6.41. The molecule has 0 spiro atoms. The molecule has 158 valence electrons. The van der Waals surface area contributed by atoms with E-state index in [0.29, 0.717) is 30.9 Å². The second kappa shape index (κ2) is 8.50. The van der Waals surface area contributed by atoms with Crippen molar-refractivity contribution in [2.24, 2.45) is 12.8 Å². The number of benzene rings is 1. The largest absolute Gasteiger partial charge is 0.453 e. The fourth-order valence-electron chi connectivity index (χ4n) is 3.40. The second-order valence-electron chi connectivity index (χ2n) is 7.24. The molecule has 0 unspecified atom stereocenters. The third kappa shape index (κ3) is 4.59. The predicted octanol–water partition coefficient (Wildman–Crippen LogP) is 1.10. The smallest absolute Gasteiger partial charge is 0.307 e. The molecule has 0 bridgehead atoms. The van der Waals surface area contributed by atoms with Crippen molar-refractivity contribution < 1.29 is 22.7 Å². The van der Waals surface area contributed by atoms with Gasteiger partial charge in [0.15, 0.2) is 6.10 Å². The minimum atomic E-state index is -3.54. The highest BCUT2D eigenvalue weighted by atomic mass is 32.2. The van der Waals surface area contributed by atoms with Crippen LogP contribution in [0, 0.1) is 0 Å². The molecule has 1 aromatic heterocycles. The second-order valence-corrected chi connectivity index (χ2v) is 9.17. The first-order chi connectivity index (χ1) is 13.7. The van der Waals surface area contributed by atoms with Crippen LogP contribution in [0.3, 0.4) is 0 Å². The van der Waals surface area contributed by atoms with Crippen LogP contribution < -0.4 is 5.73 Å². The summed E-state index contributed by atoms with van der Waals surface area (Å²) in [6, 6.07) is 4.91. The van der Waals surface area contributed by atoms with E-state index in [1.165, 1.54) is 11.2 Å². The summed E-state index contributed by atoms with van der Waals surface area (Å²) >= 11 is 0. The van der Waals surface area contributed by atoms with E-state index in [-0.39, 0.29) is 11.3 Å². The van der Waals surface area contributed by atoms with Gasteiger partial charge in [-0.05, 0) is 38.0 Å². The van der Waals surface area contributed by atoms with Gasteiger partial charge in [0.25, 0.3) is 5.91 Å². The molecule has 0 radical (unpaired) electrons. The average molecular weight is 423 g/mol. The van der Waals surface area contributed by atoms with E-state index in [4.69, 9.17) is 10.5 Å². The zero-order valence-electron chi connectivity index (χ0n) is 16.6. The highest BCUT2D eigenvalue weighted by molar-refractivity contribution is 7.89. The van der Waals surface area contributed by atoms with Crippen LogP contribution in [0.2, 0.25) is 0 Å². The number of piperidine rings is 1. The zero-order valence-corrected chi connectivity index (χ0v) is 17.4. The number of amides is 1. The topological polar surface area (TPSA) is 125 Å². The van der Waals surface area contributed by atoms with E-state index < -0.39 is 28.0 Å². The van der Waals surface area contributed by atoms with Gasteiger partial charge in [0.05, 0.1) is 22.3 Å². The number of sulfonamides is 1. The maximum atomic E-state index is 12.9. The lowest BCUT2D eigenvalue weighted by molar-refractivity contribution is -0.153. The number of nitrogens with two attached hydrogens (primary N) is 1. The summed E-state index contributed by atoms with van der Waals surface area (Å²) in [7, 11) is -1.73. The molecule has 0 aliphatic carbocycles. The summed E-state index contributed by atoms with van der Waals surface area (Å²) in [6.45, 7) is 2.50. The Morgan fingerprint density at radius 3 is 2.59 bits per heavy atom. The molecule has 2 aromatic rings. The third-order valence-electron chi connectivity index (χ3n) is 5.16. The molecular weight excluding hydrogens is 396 g/mol. The molecule has 1 aliphatic rings. The first-order valence-electron chi connectivity index (χ1n) is 9.64. The number of esters is 1. The number of carbonyl (C=O) groups is 2. The summed E-state index contributed by atoms with van der Waals surface area (Å²) in [5, 5.41) is 0. The van der Waals surface area contributed by atoms with Crippen LogP contribution in [-0.2, 0) is 37.8 Å². The Hall–Kier alpha value is -2.46. The molecule has 1 saturated heterocycles. The fourth-order valence-corrected chi connectivity index (χ4v) is 4.93. The molecular formula is C19H26N4O5S. The number of ether oxygens (including phenoxy) is 1. The number of rotatable bonds is 7. The number of hydrogen-bond donors (Lipinski definition) is 1. The highest BCUT2D eigenvalue weighted by Crippen LogP contribution is 2.25. The molecule has 1 amide bonds. The lowest BCUT2D eigenvalue weighted by Gasteiger charge is -2.25. The minimum absolute atomic E-state index is 0.0354. The Labute approximate surface area is 169 Å². The van der Waals surface area contributed by atoms with Crippen LogP contribution in [-0.4, -0.2) is 53.3 Å². The highest BCUT2D eigenvalue weighted by Gasteiger charge is 2.26. The average Bonchev–Trinajstić information content (AvgIpc) is 3.02. The maximum Gasteiger partial charge on any atom is 0.307 e. The zero-order chi connectivity index (χ0) is 21.2. The number of imidazole rings is 1. The van der Waals surface area contributed by atoms with Crippen molar-refractivity contribution >= 4 is 32.9 Å². The first kappa shape index (κ1) is 21.3. The van der Waals surface area contributed by atoms with Gasteiger partial charge in [-0.3, -0.25) is 9.59 Å². The normalized spacial score (nSPS) is 16.6. The van der Waals surface area contributed by atoms with Crippen molar-refractivity contribution in [2.75, 3.05) is 13.1 Å². The Kier molecular flexibility index (Phi) is 6.23. The van der Waals surface area contributed by atoms with Crippen molar-refractivity contribution in [2.45, 2.75) is 50.0 Å². The fraction of sp³-hybridized carbons (Fsp3) is 0.526. The Morgan fingerprint density at radius 1 is 1.24 bits per heavy atom. The molecule has 1 aromatic carbocycles. The van der Waals surface area contributed by atoms with E-state index in [2.05, 4.69) is 4.98 Å². The lowest BCUT2D eigenvalue weighted by Crippen LogP contribution is -2.35. The summed E-state index contributed by atoms with van der Waals surface area (Å²) in [6.07, 6.45) is 2.15. The molecule has 0 saturated carbocycles. The maximum absolute atomic E-state index is 12.9. The van der Waals surface area contributed by atoms with Gasteiger partial charge in [0.2, 0.25) is 10.0 Å². The predicted molar refractivity (Wildman–Crippen MR) is 106 cm³/mol. The Bertz CT molecular complexity index is 1020. The van der Waals surface area contributed by atoms with Crippen LogP contribution in [0.25, 0.3) is 11.0 Å². The Morgan fingerprint density at radius 2 is 1.93 bits per heavy atom. The summed E-state index contributed by atoms with van der Waals surface area (Å²) in [5.74, 6) is -0.628. The molecule has 1 fully saturated rings. The first-order valence-corrected chi connectivity index (χ1v) is 11.1.